The number of hydrogen-bond acceptors (Lipinski definition) is 2. The summed E-state index contributed by atoms with van der Waals surface area (Å²) in [6, 6.07) is 0. The molecule has 1 fully saturated rings. The highest BCUT2D eigenvalue weighted by molar-refractivity contribution is 5.54. The molecule has 0 bridgehead atoms. The van der Waals surface area contributed by atoms with Crippen LogP contribution >= 0.6 is 0 Å². The van der Waals surface area contributed by atoms with E-state index in [0.717, 1.165) is 13.0 Å². The molecule has 1 heterocycles. The predicted molar refractivity (Wildman–Crippen MR) is 48.6 cm³/mol. The van der Waals surface area contributed by atoms with Crippen molar-refractivity contribution in [3.63, 3.8) is 0 Å². The first kappa shape index (κ1) is 8.05. The smallest absolute Gasteiger partial charge is 0.0345 e. The Kier molecular flexibility index (Phi) is 2.90. The van der Waals surface area contributed by atoms with Gasteiger partial charge in [-0.1, -0.05) is 6.08 Å². The molecule has 0 unspecified atom stereocenters. The molecule has 1 aliphatic heterocycles. The molecule has 0 aromatic heterocycles. The van der Waals surface area contributed by atoms with Gasteiger partial charge < -0.3 is 5.32 Å². The Labute approximate surface area is 67.7 Å². The van der Waals surface area contributed by atoms with Gasteiger partial charge in [-0.05, 0) is 25.8 Å². The van der Waals surface area contributed by atoms with Gasteiger partial charge in [0.15, 0.2) is 0 Å². The maximum absolute atomic E-state index is 4.08. The summed E-state index contributed by atoms with van der Waals surface area (Å²) < 4.78 is 0. The fourth-order valence-corrected chi connectivity index (χ4v) is 1.17. The normalized spacial score (nSPS) is 25.3. The Morgan fingerprint density at radius 3 is 2.91 bits per heavy atom. The lowest BCUT2D eigenvalue weighted by molar-refractivity contribution is 0.913. The van der Waals surface area contributed by atoms with Gasteiger partial charge in [0.25, 0.3) is 0 Å². The van der Waals surface area contributed by atoms with Crippen molar-refractivity contribution >= 4 is 6.21 Å². The molecule has 60 valence electrons. The van der Waals surface area contributed by atoms with Crippen LogP contribution in [0, 0.1) is 0 Å². The lowest BCUT2D eigenvalue weighted by atomic mass is 10.2. The first-order valence-electron chi connectivity index (χ1n) is 3.96. The van der Waals surface area contributed by atoms with E-state index in [-0.39, 0.29) is 0 Å². The average molecular weight is 150 g/mol. The fourth-order valence-electron chi connectivity index (χ4n) is 1.17. The maximum atomic E-state index is 4.08. The van der Waals surface area contributed by atoms with E-state index in [1.165, 1.54) is 11.3 Å². The summed E-state index contributed by atoms with van der Waals surface area (Å²) in [5.74, 6) is 0. The van der Waals surface area contributed by atoms with E-state index < -0.39 is 0 Å². The van der Waals surface area contributed by atoms with E-state index >= 15 is 0 Å². The molecule has 1 rings (SSSR count). The minimum absolute atomic E-state index is 1.05. The molecule has 2 heteroatoms. The molecule has 0 aromatic carbocycles. The van der Waals surface area contributed by atoms with Crippen LogP contribution in [0.25, 0.3) is 0 Å². The van der Waals surface area contributed by atoms with Crippen molar-refractivity contribution in [2.45, 2.75) is 20.3 Å². The Balaban J connectivity index is 2.71. The quantitative estimate of drug-likeness (QED) is 0.567. The van der Waals surface area contributed by atoms with E-state index in [0.29, 0.717) is 0 Å². The van der Waals surface area contributed by atoms with E-state index in [1.807, 2.05) is 20.0 Å². The van der Waals surface area contributed by atoms with Crippen LogP contribution in [0.3, 0.4) is 0 Å². The van der Waals surface area contributed by atoms with Crippen molar-refractivity contribution in [2.75, 3.05) is 6.54 Å². The van der Waals surface area contributed by atoms with Gasteiger partial charge in [0.05, 0.1) is 0 Å². The zero-order valence-electron chi connectivity index (χ0n) is 7.09. The molecule has 0 aromatic rings. The number of rotatable bonds is 1. The molecule has 0 amide bonds. The van der Waals surface area contributed by atoms with E-state index in [9.17, 15) is 0 Å². The topological polar surface area (TPSA) is 24.4 Å². The molecular weight excluding hydrogens is 136 g/mol. The summed E-state index contributed by atoms with van der Waals surface area (Å²) in [6.07, 6.45) is 6.91. The number of nitrogens with zero attached hydrogens (tertiary/aromatic N) is 1. The van der Waals surface area contributed by atoms with Crippen molar-refractivity contribution in [2.24, 2.45) is 4.99 Å². The lowest BCUT2D eigenvalue weighted by Gasteiger charge is -1.96. The Bertz CT molecular complexity index is 212. The zero-order chi connectivity index (χ0) is 8.10. The van der Waals surface area contributed by atoms with Gasteiger partial charge in [-0.25, -0.2) is 0 Å². The SMILES string of the molecule is CC=N/C=C1/CCN/C1=C/C. The summed E-state index contributed by atoms with van der Waals surface area (Å²) in [4.78, 5) is 4.08. The molecule has 0 atom stereocenters. The molecule has 0 aliphatic carbocycles. The van der Waals surface area contributed by atoms with Crippen molar-refractivity contribution in [3.8, 4) is 0 Å². The number of nitrogens with one attached hydrogen (secondary N) is 1. The molecule has 0 radical (unpaired) electrons. The van der Waals surface area contributed by atoms with Crippen LogP contribution in [-0.4, -0.2) is 12.8 Å². The van der Waals surface area contributed by atoms with Crippen molar-refractivity contribution in [1.82, 2.24) is 5.32 Å². The number of allylic oxidation sites excluding steroid dienone is 2. The second-order valence-electron chi connectivity index (χ2n) is 2.44. The van der Waals surface area contributed by atoms with Gasteiger partial charge in [-0.15, -0.1) is 0 Å². The first-order chi connectivity index (χ1) is 5.38. The third kappa shape index (κ3) is 1.93. The molecule has 1 aliphatic rings. The monoisotopic (exact) mass is 150 g/mol. The van der Waals surface area contributed by atoms with Crippen LogP contribution in [0.5, 0.6) is 0 Å². The van der Waals surface area contributed by atoms with Gasteiger partial charge >= 0.3 is 0 Å². The van der Waals surface area contributed by atoms with Gasteiger partial charge in [-0.2, -0.15) is 0 Å². The van der Waals surface area contributed by atoms with Crippen molar-refractivity contribution in [1.29, 1.82) is 0 Å². The van der Waals surface area contributed by atoms with E-state index in [4.69, 9.17) is 0 Å². The van der Waals surface area contributed by atoms with Gasteiger partial charge in [0.2, 0.25) is 0 Å². The summed E-state index contributed by atoms with van der Waals surface area (Å²) in [5.41, 5.74) is 2.54. The van der Waals surface area contributed by atoms with Gasteiger partial charge in [0, 0.05) is 24.7 Å². The average Bonchev–Trinajstić information content (AvgIpc) is 2.47. The second kappa shape index (κ2) is 3.96. The van der Waals surface area contributed by atoms with E-state index in [2.05, 4.69) is 16.4 Å². The minimum atomic E-state index is 1.05. The molecule has 0 spiro atoms. The Hall–Kier alpha value is -1.05. The molecule has 1 N–H and O–H groups in total. The Morgan fingerprint density at radius 1 is 1.45 bits per heavy atom. The molecule has 1 saturated heterocycles. The number of hydrogen-bond donors (Lipinski definition) is 1. The highest BCUT2D eigenvalue weighted by Crippen LogP contribution is 2.16. The van der Waals surface area contributed by atoms with E-state index in [1.54, 1.807) is 6.21 Å². The molecule has 2 nitrogen and oxygen atoms in total. The molecular formula is C9H14N2. The fraction of sp³-hybridized carbons (Fsp3) is 0.444. The third-order valence-electron chi connectivity index (χ3n) is 1.72. The highest BCUT2D eigenvalue weighted by atomic mass is 14.9. The number of aliphatic imine (C=N–C) groups is 1. The standard InChI is InChI=1S/C9H14N2/c1-3-9-8(5-6-11-9)7-10-4-2/h3-4,7,11H,5-6H2,1-2H3/b8-7-,9-3+,10-4?. The predicted octanol–water partition coefficient (Wildman–Crippen LogP) is 1.86. The van der Waals surface area contributed by atoms with Crippen LogP contribution in [0.2, 0.25) is 0 Å². The Morgan fingerprint density at radius 2 is 2.27 bits per heavy atom. The van der Waals surface area contributed by atoms with Gasteiger partial charge in [-0.3, -0.25) is 4.99 Å². The summed E-state index contributed by atoms with van der Waals surface area (Å²) in [7, 11) is 0. The minimum Gasteiger partial charge on any atom is -0.385 e. The third-order valence-corrected chi connectivity index (χ3v) is 1.72. The van der Waals surface area contributed by atoms with Crippen LogP contribution in [0.1, 0.15) is 20.3 Å². The zero-order valence-corrected chi connectivity index (χ0v) is 7.09. The lowest BCUT2D eigenvalue weighted by Crippen LogP contribution is -2.02. The van der Waals surface area contributed by atoms with Crippen molar-refractivity contribution < 1.29 is 0 Å². The van der Waals surface area contributed by atoms with Crippen LogP contribution in [0.4, 0.5) is 0 Å². The molecule has 0 saturated carbocycles. The second-order valence-corrected chi connectivity index (χ2v) is 2.44. The summed E-state index contributed by atoms with van der Waals surface area (Å²) in [5, 5.41) is 3.28. The highest BCUT2D eigenvalue weighted by Gasteiger charge is 2.09. The van der Waals surface area contributed by atoms with Gasteiger partial charge in [0.1, 0.15) is 0 Å². The summed E-state index contributed by atoms with van der Waals surface area (Å²) >= 11 is 0. The van der Waals surface area contributed by atoms with Crippen LogP contribution in [-0.2, 0) is 0 Å². The summed E-state index contributed by atoms with van der Waals surface area (Å²) in [6.45, 7) is 5.01. The maximum Gasteiger partial charge on any atom is 0.0345 e. The first-order valence-corrected chi connectivity index (χ1v) is 3.96. The van der Waals surface area contributed by atoms with Crippen molar-refractivity contribution in [3.05, 3.63) is 23.5 Å². The van der Waals surface area contributed by atoms with Crippen LogP contribution in [0.15, 0.2) is 28.5 Å². The van der Waals surface area contributed by atoms with Crippen LogP contribution < -0.4 is 5.32 Å². The molecule has 11 heavy (non-hydrogen) atoms. The largest absolute Gasteiger partial charge is 0.385 e.